The maximum Gasteiger partial charge on any atom is 0.348 e. The normalized spacial score (nSPS) is 25.8. The standard InChI is InChI=1S/C10H15BO4/c1-6(4-11)8(12)15-7-9(13)14-5-10(7,2)3/h6-7H,4-5H2,1-3H3. The summed E-state index contributed by atoms with van der Waals surface area (Å²) in [6, 6.07) is 0. The predicted molar refractivity (Wildman–Crippen MR) is 54.3 cm³/mol. The summed E-state index contributed by atoms with van der Waals surface area (Å²) in [5.74, 6) is -1.32. The van der Waals surface area contributed by atoms with E-state index in [-0.39, 0.29) is 12.9 Å². The van der Waals surface area contributed by atoms with Crippen molar-refractivity contribution in [3.05, 3.63) is 0 Å². The van der Waals surface area contributed by atoms with Crippen LogP contribution in [-0.4, -0.2) is 32.5 Å². The van der Waals surface area contributed by atoms with Crippen molar-refractivity contribution in [2.24, 2.45) is 11.3 Å². The minimum atomic E-state index is -0.806. The van der Waals surface area contributed by atoms with Crippen LogP contribution in [0.4, 0.5) is 0 Å². The Bertz CT molecular complexity index is 275. The van der Waals surface area contributed by atoms with E-state index >= 15 is 0 Å². The summed E-state index contributed by atoms with van der Waals surface area (Å²) in [4.78, 5) is 22.8. The average Bonchev–Trinajstić information content (AvgIpc) is 2.43. The lowest BCUT2D eigenvalue weighted by atomic mass is 9.89. The van der Waals surface area contributed by atoms with Gasteiger partial charge in [-0.2, -0.15) is 0 Å². The van der Waals surface area contributed by atoms with E-state index in [1.165, 1.54) is 0 Å². The number of carbonyl (C=O) groups excluding carboxylic acids is 2. The quantitative estimate of drug-likeness (QED) is 0.508. The number of cyclic esters (lactones) is 1. The molecule has 0 aliphatic carbocycles. The molecule has 2 radical (unpaired) electrons. The summed E-state index contributed by atoms with van der Waals surface area (Å²) >= 11 is 0. The van der Waals surface area contributed by atoms with Crippen LogP contribution in [0.2, 0.25) is 6.32 Å². The summed E-state index contributed by atoms with van der Waals surface area (Å²) in [6.07, 6.45) is -0.597. The maximum absolute atomic E-state index is 11.5. The Morgan fingerprint density at radius 1 is 1.73 bits per heavy atom. The molecule has 1 rings (SSSR count). The molecule has 4 nitrogen and oxygen atoms in total. The molecule has 0 amide bonds. The Morgan fingerprint density at radius 3 is 2.73 bits per heavy atom. The van der Waals surface area contributed by atoms with Gasteiger partial charge in [-0.15, -0.1) is 0 Å². The lowest BCUT2D eigenvalue weighted by molar-refractivity contribution is -0.165. The number of rotatable bonds is 3. The molecule has 5 heteroatoms. The molecule has 82 valence electrons. The van der Waals surface area contributed by atoms with E-state index in [0.717, 1.165) is 0 Å². The maximum atomic E-state index is 11.5. The topological polar surface area (TPSA) is 52.6 Å². The highest BCUT2D eigenvalue weighted by atomic mass is 16.6. The molecule has 1 aliphatic rings. The second kappa shape index (κ2) is 4.25. The fourth-order valence-electron chi connectivity index (χ4n) is 1.26. The van der Waals surface area contributed by atoms with Gasteiger partial charge < -0.3 is 9.47 Å². The molecule has 0 aromatic rings. The van der Waals surface area contributed by atoms with Crippen LogP contribution in [-0.2, 0) is 19.1 Å². The number of carbonyl (C=O) groups is 2. The Hall–Kier alpha value is -0.995. The lowest BCUT2D eigenvalue weighted by Gasteiger charge is -2.22. The van der Waals surface area contributed by atoms with E-state index in [0.29, 0.717) is 0 Å². The molecule has 1 aliphatic heterocycles. The minimum absolute atomic E-state index is 0.209. The summed E-state index contributed by atoms with van der Waals surface area (Å²) in [5.41, 5.74) is -0.457. The molecule has 0 bridgehead atoms. The molecule has 2 unspecified atom stereocenters. The van der Waals surface area contributed by atoms with Crippen molar-refractivity contribution in [3.63, 3.8) is 0 Å². The fourth-order valence-corrected chi connectivity index (χ4v) is 1.26. The van der Waals surface area contributed by atoms with Crippen LogP contribution in [0.1, 0.15) is 20.8 Å². The van der Waals surface area contributed by atoms with Crippen molar-refractivity contribution in [3.8, 4) is 0 Å². The summed E-state index contributed by atoms with van der Waals surface area (Å²) in [7, 11) is 5.33. The van der Waals surface area contributed by atoms with Crippen LogP contribution < -0.4 is 0 Å². The zero-order valence-electron chi connectivity index (χ0n) is 9.28. The smallest absolute Gasteiger partial charge is 0.348 e. The molecule has 1 saturated heterocycles. The Balaban J connectivity index is 2.64. The number of ether oxygens (including phenoxy) is 2. The summed E-state index contributed by atoms with van der Waals surface area (Å²) < 4.78 is 9.95. The first-order valence-corrected chi connectivity index (χ1v) is 4.95. The van der Waals surface area contributed by atoms with Crippen LogP contribution >= 0.6 is 0 Å². The van der Waals surface area contributed by atoms with Crippen LogP contribution in [0.25, 0.3) is 0 Å². The molecule has 1 fully saturated rings. The van der Waals surface area contributed by atoms with Gasteiger partial charge in [0.2, 0.25) is 6.10 Å². The Labute approximate surface area is 90.7 Å². The summed E-state index contributed by atoms with van der Waals surface area (Å²) in [5, 5.41) is 0. The van der Waals surface area contributed by atoms with Crippen LogP contribution in [0.5, 0.6) is 0 Å². The highest BCUT2D eigenvalue weighted by molar-refractivity contribution is 6.10. The molecular weight excluding hydrogens is 195 g/mol. The van der Waals surface area contributed by atoms with Crippen LogP contribution in [0, 0.1) is 11.3 Å². The van der Waals surface area contributed by atoms with E-state index in [1.54, 1.807) is 6.92 Å². The van der Waals surface area contributed by atoms with Gasteiger partial charge in [0.1, 0.15) is 6.61 Å². The highest BCUT2D eigenvalue weighted by Gasteiger charge is 2.46. The van der Waals surface area contributed by atoms with Crippen molar-refractivity contribution in [2.45, 2.75) is 33.2 Å². The fraction of sp³-hybridized carbons (Fsp3) is 0.800. The highest BCUT2D eigenvalue weighted by Crippen LogP contribution is 2.31. The van der Waals surface area contributed by atoms with Gasteiger partial charge in [-0.1, -0.05) is 27.1 Å². The largest absolute Gasteiger partial charge is 0.462 e. The van der Waals surface area contributed by atoms with E-state index < -0.39 is 29.4 Å². The van der Waals surface area contributed by atoms with Gasteiger partial charge in [0, 0.05) is 11.3 Å². The van der Waals surface area contributed by atoms with Gasteiger partial charge in [-0.25, -0.2) is 4.79 Å². The van der Waals surface area contributed by atoms with E-state index in [2.05, 4.69) is 0 Å². The molecule has 0 aromatic carbocycles. The Kier molecular flexibility index (Phi) is 3.42. The van der Waals surface area contributed by atoms with Gasteiger partial charge in [0.05, 0.1) is 7.85 Å². The molecule has 2 atom stereocenters. The Morgan fingerprint density at radius 2 is 2.33 bits per heavy atom. The van der Waals surface area contributed by atoms with Gasteiger partial charge in [0.15, 0.2) is 0 Å². The number of hydrogen-bond acceptors (Lipinski definition) is 4. The molecular formula is C10H15BO4. The van der Waals surface area contributed by atoms with E-state index in [9.17, 15) is 9.59 Å². The van der Waals surface area contributed by atoms with Crippen molar-refractivity contribution in [2.75, 3.05) is 6.61 Å². The van der Waals surface area contributed by atoms with E-state index in [4.69, 9.17) is 17.3 Å². The average molecular weight is 210 g/mol. The third kappa shape index (κ3) is 2.52. The lowest BCUT2D eigenvalue weighted by Crippen LogP contribution is -2.36. The minimum Gasteiger partial charge on any atom is -0.462 e. The zero-order valence-corrected chi connectivity index (χ0v) is 9.28. The summed E-state index contributed by atoms with van der Waals surface area (Å²) in [6.45, 7) is 5.59. The van der Waals surface area contributed by atoms with Crippen LogP contribution in [0.3, 0.4) is 0 Å². The first-order chi connectivity index (χ1) is 6.88. The molecule has 15 heavy (non-hydrogen) atoms. The molecule has 0 aromatic heterocycles. The molecule has 1 heterocycles. The van der Waals surface area contributed by atoms with Gasteiger partial charge in [-0.05, 0) is 0 Å². The monoisotopic (exact) mass is 210 g/mol. The third-order valence-corrected chi connectivity index (χ3v) is 2.50. The van der Waals surface area contributed by atoms with E-state index in [1.807, 2.05) is 13.8 Å². The van der Waals surface area contributed by atoms with Gasteiger partial charge in [-0.3, -0.25) is 4.79 Å². The third-order valence-electron chi connectivity index (χ3n) is 2.50. The number of hydrogen-bond donors (Lipinski definition) is 0. The van der Waals surface area contributed by atoms with Crippen LogP contribution in [0.15, 0.2) is 0 Å². The zero-order chi connectivity index (χ0) is 11.6. The predicted octanol–water partition coefficient (Wildman–Crippen LogP) is 0.704. The first kappa shape index (κ1) is 12.1. The number of esters is 2. The van der Waals surface area contributed by atoms with Crippen molar-refractivity contribution < 1.29 is 19.1 Å². The second-order valence-electron chi connectivity index (χ2n) is 4.55. The SMILES string of the molecule is [B]CC(C)C(=O)OC1C(=O)OCC1(C)C. The molecule has 0 N–H and O–H groups in total. The molecule has 0 saturated carbocycles. The van der Waals surface area contributed by atoms with Gasteiger partial charge in [0.25, 0.3) is 0 Å². The van der Waals surface area contributed by atoms with Crippen molar-refractivity contribution in [1.82, 2.24) is 0 Å². The molecule has 0 spiro atoms. The van der Waals surface area contributed by atoms with Gasteiger partial charge >= 0.3 is 11.9 Å². The second-order valence-corrected chi connectivity index (χ2v) is 4.55. The van der Waals surface area contributed by atoms with Crippen molar-refractivity contribution in [1.29, 1.82) is 0 Å². The van der Waals surface area contributed by atoms with Crippen molar-refractivity contribution >= 4 is 19.8 Å². The first-order valence-electron chi connectivity index (χ1n) is 4.95.